The van der Waals surface area contributed by atoms with Gasteiger partial charge in [-0.15, -0.1) is 0 Å². The molecule has 0 aromatic carbocycles. The summed E-state index contributed by atoms with van der Waals surface area (Å²) in [5, 5.41) is 14.5. The summed E-state index contributed by atoms with van der Waals surface area (Å²) in [6, 6.07) is -0.589. The van der Waals surface area contributed by atoms with Crippen LogP contribution in [0.1, 0.15) is 24.3 Å². The van der Waals surface area contributed by atoms with Gasteiger partial charge in [-0.2, -0.15) is 15.4 Å². The molecule has 0 fully saturated rings. The van der Waals surface area contributed by atoms with Gasteiger partial charge < -0.3 is 10.6 Å². The van der Waals surface area contributed by atoms with Crippen LogP contribution in [0.15, 0.2) is 6.20 Å². The van der Waals surface area contributed by atoms with E-state index in [2.05, 4.69) is 26.0 Å². The number of H-pyrrole nitrogens is 1. The van der Waals surface area contributed by atoms with Crippen molar-refractivity contribution in [3.63, 3.8) is 0 Å². The Morgan fingerprint density at radius 3 is 2.87 bits per heavy atom. The van der Waals surface area contributed by atoms with Crippen molar-refractivity contribution in [2.45, 2.75) is 19.9 Å². The van der Waals surface area contributed by atoms with Crippen LogP contribution in [0.4, 0.5) is 0 Å². The molecule has 7 heteroatoms. The molecule has 0 bridgehead atoms. The molecule has 15 heavy (non-hydrogen) atoms. The van der Waals surface area contributed by atoms with E-state index in [1.807, 2.05) is 6.92 Å². The van der Waals surface area contributed by atoms with E-state index in [1.165, 1.54) is 6.20 Å². The highest BCUT2D eigenvalue weighted by atomic mass is 16.2. The number of likely N-dealkylation sites (N-methyl/N-ethyl adjacent to an activating group) is 1. The third-order valence-electron chi connectivity index (χ3n) is 1.74. The number of aromatic nitrogens is 3. The first-order chi connectivity index (χ1) is 7.15. The lowest BCUT2D eigenvalue weighted by Crippen LogP contribution is -2.44. The lowest BCUT2D eigenvalue weighted by molar-refractivity contribution is -0.122. The summed E-state index contributed by atoms with van der Waals surface area (Å²) in [5.41, 5.74) is 0.158. The largest absolute Gasteiger partial charge is 0.355 e. The molecule has 1 aromatic rings. The Morgan fingerprint density at radius 2 is 2.33 bits per heavy atom. The summed E-state index contributed by atoms with van der Waals surface area (Å²) < 4.78 is 0. The third kappa shape index (κ3) is 3.04. The fourth-order valence-electron chi connectivity index (χ4n) is 0.974. The molecule has 0 aliphatic rings. The van der Waals surface area contributed by atoms with E-state index in [1.54, 1.807) is 6.92 Å². The second kappa shape index (κ2) is 5.08. The first kappa shape index (κ1) is 11.2. The van der Waals surface area contributed by atoms with Crippen molar-refractivity contribution in [3.8, 4) is 0 Å². The van der Waals surface area contributed by atoms with E-state index in [-0.39, 0.29) is 11.6 Å². The van der Waals surface area contributed by atoms with Crippen molar-refractivity contribution in [1.82, 2.24) is 26.0 Å². The maximum absolute atomic E-state index is 11.4. The Kier molecular flexibility index (Phi) is 3.78. The van der Waals surface area contributed by atoms with Gasteiger partial charge in [-0.3, -0.25) is 9.59 Å². The van der Waals surface area contributed by atoms with Crippen molar-refractivity contribution >= 4 is 11.8 Å². The van der Waals surface area contributed by atoms with Gasteiger partial charge in [0, 0.05) is 6.54 Å². The second-order valence-corrected chi connectivity index (χ2v) is 2.94. The number of carbonyl (C=O) groups is 2. The number of hydrogen-bond acceptors (Lipinski definition) is 4. The highest BCUT2D eigenvalue weighted by Crippen LogP contribution is 1.90. The monoisotopic (exact) mass is 211 g/mol. The van der Waals surface area contributed by atoms with Crippen molar-refractivity contribution in [2.24, 2.45) is 0 Å². The van der Waals surface area contributed by atoms with Gasteiger partial charge in [0.15, 0.2) is 5.69 Å². The summed E-state index contributed by atoms with van der Waals surface area (Å²) >= 11 is 0. The smallest absolute Gasteiger partial charge is 0.274 e. The second-order valence-electron chi connectivity index (χ2n) is 2.94. The minimum atomic E-state index is -0.589. The summed E-state index contributed by atoms with van der Waals surface area (Å²) in [4.78, 5) is 22.7. The molecule has 82 valence electrons. The molecule has 0 saturated carbocycles. The zero-order chi connectivity index (χ0) is 11.3. The Balaban J connectivity index is 2.48. The van der Waals surface area contributed by atoms with E-state index < -0.39 is 11.9 Å². The first-order valence-corrected chi connectivity index (χ1v) is 4.59. The number of hydrogen-bond donors (Lipinski definition) is 3. The number of aromatic amines is 1. The summed E-state index contributed by atoms with van der Waals surface area (Å²) in [6.07, 6.45) is 1.29. The maximum atomic E-state index is 11.4. The molecule has 1 unspecified atom stereocenters. The molecule has 0 aliphatic heterocycles. The van der Waals surface area contributed by atoms with Crippen LogP contribution in [0, 0.1) is 0 Å². The average Bonchev–Trinajstić information content (AvgIpc) is 2.70. The van der Waals surface area contributed by atoms with Crippen LogP contribution in [-0.2, 0) is 4.79 Å². The zero-order valence-corrected chi connectivity index (χ0v) is 8.57. The predicted octanol–water partition coefficient (Wildman–Crippen LogP) is -0.941. The van der Waals surface area contributed by atoms with Crippen molar-refractivity contribution in [1.29, 1.82) is 0 Å². The molecule has 1 atom stereocenters. The highest BCUT2D eigenvalue weighted by Gasteiger charge is 2.16. The minimum Gasteiger partial charge on any atom is -0.355 e. The fraction of sp³-hybridized carbons (Fsp3) is 0.500. The molecule has 2 amide bonds. The Hall–Kier alpha value is -1.92. The SMILES string of the molecule is CCNC(=O)C(C)NC(=O)c1cn[nH]n1. The van der Waals surface area contributed by atoms with Crippen LogP contribution in [0.25, 0.3) is 0 Å². The molecule has 1 heterocycles. The number of amides is 2. The van der Waals surface area contributed by atoms with Gasteiger partial charge in [0.05, 0.1) is 6.20 Å². The van der Waals surface area contributed by atoms with Gasteiger partial charge >= 0.3 is 0 Å². The molecule has 0 aliphatic carbocycles. The van der Waals surface area contributed by atoms with E-state index >= 15 is 0 Å². The molecule has 7 nitrogen and oxygen atoms in total. The number of rotatable bonds is 4. The topological polar surface area (TPSA) is 99.8 Å². The molecule has 0 spiro atoms. The molecule has 1 aromatic heterocycles. The third-order valence-corrected chi connectivity index (χ3v) is 1.74. The Labute approximate surface area is 86.6 Å². The number of carbonyl (C=O) groups excluding carboxylic acids is 2. The summed E-state index contributed by atoms with van der Waals surface area (Å²) in [7, 11) is 0. The van der Waals surface area contributed by atoms with E-state index in [0.29, 0.717) is 6.54 Å². The van der Waals surface area contributed by atoms with E-state index in [0.717, 1.165) is 0 Å². The van der Waals surface area contributed by atoms with Crippen molar-refractivity contribution in [3.05, 3.63) is 11.9 Å². The van der Waals surface area contributed by atoms with Crippen LogP contribution in [-0.4, -0.2) is 39.8 Å². The van der Waals surface area contributed by atoms with Gasteiger partial charge in [0.1, 0.15) is 6.04 Å². The maximum Gasteiger partial charge on any atom is 0.274 e. The number of nitrogens with one attached hydrogen (secondary N) is 3. The quantitative estimate of drug-likeness (QED) is 0.598. The van der Waals surface area contributed by atoms with Gasteiger partial charge in [-0.1, -0.05) is 0 Å². The van der Waals surface area contributed by atoms with Crippen LogP contribution in [0.3, 0.4) is 0 Å². The summed E-state index contributed by atoms with van der Waals surface area (Å²) in [5.74, 6) is -0.656. The highest BCUT2D eigenvalue weighted by molar-refractivity contribution is 5.95. The fourth-order valence-corrected chi connectivity index (χ4v) is 0.974. The molecular weight excluding hydrogens is 198 g/mol. The Bertz CT molecular complexity index is 335. The Morgan fingerprint density at radius 1 is 1.60 bits per heavy atom. The molecule has 0 saturated heterocycles. The van der Waals surface area contributed by atoms with Crippen LogP contribution in [0.5, 0.6) is 0 Å². The molecule has 1 rings (SSSR count). The summed E-state index contributed by atoms with van der Waals surface area (Å²) in [6.45, 7) is 3.94. The normalized spacial score (nSPS) is 11.9. The molecule has 3 N–H and O–H groups in total. The van der Waals surface area contributed by atoms with Gasteiger partial charge in [0.25, 0.3) is 5.91 Å². The van der Waals surface area contributed by atoms with E-state index in [9.17, 15) is 9.59 Å². The standard InChI is InChI=1S/C8H13N5O2/c1-3-9-7(14)5(2)11-8(15)6-4-10-13-12-6/h4-5H,3H2,1-2H3,(H,9,14)(H,11,15)(H,10,12,13). The van der Waals surface area contributed by atoms with E-state index in [4.69, 9.17) is 0 Å². The minimum absolute atomic E-state index is 0.158. The van der Waals surface area contributed by atoms with Crippen molar-refractivity contribution < 1.29 is 9.59 Å². The van der Waals surface area contributed by atoms with Crippen LogP contribution >= 0.6 is 0 Å². The average molecular weight is 211 g/mol. The van der Waals surface area contributed by atoms with Crippen LogP contribution < -0.4 is 10.6 Å². The molecular formula is C8H13N5O2. The number of nitrogens with zero attached hydrogens (tertiary/aromatic N) is 2. The lowest BCUT2D eigenvalue weighted by Gasteiger charge is -2.11. The van der Waals surface area contributed by atoms with Crippen LogP contribution in [0.2, 0.25) is 0 Å². The van der Waals surface area contributed by atoms with Gasteiger partial charge in [-0.05, 0) is 13.8 Å². The first-order valence-electron chi connectivity index (χ1n) is 4.59. The zero-order valence-electron chi connectivity index (χ0n) is 8.57. The lowest BCUT2D eigenvalue weighted by atomic mass is 10.3. The van der Waals surface area contributed by atoms with Crippen molar-refractivity contribution in [2.75, 3.05) is 6.54 Å². The molecule has 0 radical (unpaired) electrons. The van der Waals surface area contributed by atoms with Gasteiger partial charge in [0.2, 0.25) is 5.91 Å². The van der Waals surface area contributed by atoms with Gasteiger partial charge in [-0.25, -0.2) is 0 Å². The predicted molar refractivity (Wildman–Crippen MR) is 52.0 cm³/mol.